The van der Waals surface area contributed by atoms with Crippen LogP contribution in [0.4, 0.5) is 0 Å². The first kappa shape index (κ1) is 24.3. The van der Waals surface area contributed by atoms with E-state index in [0.29, 0.717) is 0 Å². The van der Waals surface area contributed by atoms with Crippen LogP contribution in [0, 0.1) is 0 Å². The quantitative estimate of drug-likeness (QED) is 0.0483. The minimum absolute atomic E-state index is 0.0347. The van der Waals surface area contributed by atoms with E-state index >= 15 is 0 Å². The normalized spacial score (nSPS) is 32.2. The van der Waals surface area contributed by atoms with Gasteiger partial charge in [-0.25, -0.2) is 0 Å². The summed E-state index contributed by atoms with van der Waals surface area (Å²) in [5.41, 5.74) is 0. The van der Waals surface area contributed by atoms with Crippen molar-refractivity contribution in [3.05, 3.63) is 0 Å². The number of rotatable bonds is 12. The fourth-order valence-electron chi connectivity index (χ4n) is 2.56. The van der Waals surface area contributed by atoms with Crippen molar-refractivity contribution in [2.45, 2.75) is 48.0 Å². The molecule has 0 radical (unpaired) electrons. The average Bonchev–Trinajstić information content (AvgIpc) is 2.89. The predicted molar refractivity (Wildman–Crippen MR) is 85.7 cm³/mol. The molecule has 8 N–H and O–H groups in total. The average molecular weight is 424 g/mol. The molecule has 0 aromatic rings. The lowest BCUT2D eigenvalue weighted by atomic mass is 10.0. The van der Waals surface area contributed by atoms with Crippen LogP contribution in [-0.4, -0.2) is 114 Å². The SMILES string of the molecule is [O-]OOSOC(C(O)C[S+]1C[C@@H](O)[C@H](O)[C@H]1CO)C(O)C(O)C(O)CO. The minimum Gasteiger partial charge on any atom is -0.691 e. The van der Waals surface area contributed by atoms with Gasteiger partial charge in [-0.2, -0.15) is 0 Å². The summed E-state index contributed by atoms with van der Waals surface area (Å²) in [5, 5.41) is 89.6. The fourth-order valence-corrected chi connectivity index (χ4v) is 5.63. The van der Waals surface area contributed by atoms with Crippen molar-refractivity contribution in [1.29, 1.82) is 0 Å². The van der Waals surface area contributed by atoms with Crippen LogP contribution in [-0.2, 0) is 24.5 Å². The molecule has 0 aromatic heterocycles. The predicted octanol–water partition coefficient (Wildman–Crippen LogP) is -5.69. The first-order valence-corrected chi connectivity index (χ1v) is 9.82. The van der Waals surface area contributed by atoms with Crippen LogP contribution in [0.5, 0.6) is 0 Å². The zero-order valence-corrected chi connectivity index (χ0v) is 15.1. The van der Waals surface area contributed by atoms with Gasteiger partial charge in [-0.05, 0) is 0 Å². The largest absolute Gasteiger partial charge is 0.691 e. The molecule has 0 aromatic carbocycles. The summed E-state index contributed by atoms with van der Waals surface area (Å²) in [6.45, 7) is -1.31. The Kier molecular flexibility index (Phi) is 11.1. The van der Waals surface area contributed by atoms with E-state index in [9.17, 15) is 41.0 Å². The lowest BCUT2D eigenvalue weighted by Gasteiger charge is -2.30. The van der Waals surface area contributed by atoms with Gasteiger partial charge in [-0.1, -0.05) is 0 Å². The van der Waals surface area contributed by atoms with E-state index in [-0.39, 0.29) is 23.8 Å². The molecule has 1 aliphatic heterocycles. The van der Waals surface area contributed by atoms with Crippen molar-refractivity contribution < 1.29 is 59.7 Å². The molecule has 1 heterocycles. The highest BCUT2D eigenvalue weighted by atomic mass is 32.2. The number of aliphatic hydroxyl groups is 8. The highest BCUT2D eigenvalue weighted by molar-refractivity contribution is 7.97. The topological polar surface area (TPSA) is 213 Å². The second kappa shape index (κ2) is 11.9. The summed E-state index contributed by atoms with van der Waals surface area (Å²) >= 11 is -0.0347. The molecule has 12 nitrogen and oxygen atoms in total. The monoisotopic (exact) mass is 424 g/mol. The van der Waals surface area contributed by atoms with Crippen molar-refractivity contribution in [2.24, 2.45) is 0 Å². The second-order valence-corrected chi connectivity index (χ2v) is 8.52. The first-order chi connectivity index (χ1) is 12.3. The van der Waals surface area contributed by atoms with Gasteiger partial charge in [0.25, 0.3) is 0 Å². The Labute approximate surface area is 156 Å². The first-order valence-electron chi connectivity index (χ1n) is 7.53. The van der Waals surface area contributed by atoms with Gasteiger partial charge in [0.05, 0.1) is 13.2 Å². The molecule has 1 aliphatic rings. The van der Waals surface area contributed by atoms with Gasteiger partial charge in [0.15, 0.2) is 17.6 Å². The lowest BCUT2D eigenvalue weighted by molar-refractivity contribution is -0.777. The van der Waals surface area contributed by atoms with Crippen molar-refractivity contribution in [3.63, 3.8) is 0 Å². The van der Waals surface area contributed by atoms with Crippen LogP contribution in [0.25, 0.3) is 0 Å². The molecule has 0 amide bonds. The van der Waals surface area contributed by atoms with Crippen molar-refractivity contribution in [3.8, 4) is 0 Å². The minimum atomic E-state index is -1.90. The lowest BCUT2D eigenvalue weighted by Crippen LogP contribution is -2.52. The number of hydrogen-bond acceptors (Lipinski definition) is 13. The Morgan fingerprint density at radius 1 is 1.08 bits per heavy atom. The summed E-state index contributed by atoms with van der Waals surface area (Å²) in [6.07, 6.45) is -10.9. The Morgan fingerprint density at radius 2 is 1.73 bits per heavy atom. The van der Waals surface area contributed by atoms with Crippen LogP contribution in [0.1, 0.15) is 0 Å². The van der Waals surface area contributed by atoms with Gasteiger partial charge >= 0.3 is 0 Å². The smallest absolute Gasteiger partial charge is 0.194 e. The third-order valence-electron chi connectivity index (χ3n) is 4.01. The maximum atomic E-state index is 10.4. The molecule has 1 fully saturated rings. The highest BCUT2D eigenvalue weighted by Crippen LogP contribution is 2.27. The molecule has 0 aliphatic carbocycles. The van der Waals surface area contributed by atoms with Crippen LogP contribution in [0.3, 0.4) is 0 Å². The van der Waals surface area contributed by atoms with E-state index in [4.69, 9.17) is 9.29 Å². The van der Waals surface area contributed by atoms with Gasteiger partial charge < -0.3 is 46.1 Å². The molecular formula is C12H24O12S2. The number of aliphatic hydroxyl groups excluding tert-OH is 8. The summed E-state index contributed by atoms with van der Waals surface area (Å²) in [6, 6.07) is 0. The summed E-state index contributed by atoms with van der Waals surface area (Å²) in [4.78, 5) is 0. The summed E-state index contributed by atoms with van der Waals surface area (Å²) in [7, 11) is -0.853. The van der Waals surface area contributed by atoms with E-state index in [1.807, 2.05) is 0 Å². The zero-order valence-electron chi connectivity index (χ0n) is 13.5. The van der Waals surface area contributed by atoms with Gasteiger partial charge in [0, 0.05) is 10.9 Å². The molecule has 1 saturated heterocycles. The van der Waals surface area contributed by atoms with Crippen LogP contribution >= 0.6 is 12.3 Å². The molecule has 156 valence electrons. The Hall–Kier alpha value is 0.220. The van der Waals surface area contributed by atoms with E-state index in [2.05, 4.69) is 9.37 Å². The van der Waals surface area contributed by atoms with E-state index < -0.39 is 72.1 Å². The molecule has 0 bridgehead atoms. The molecule has 14 heteroatoms. The van der Waals surface area contributed by atoms with Gasteiger partial charge in [-0.3, -0.25) is 9.22 Å². The third kappa shape index (κ3) is 6.39. The van der Waals surface area contributed by atoms with E-state index in [1.165, 1.54) is 0 Å². The van der Waals surface area contributed by atoms with E-state index in [0.717, 1.165) is 0 Å². The Bertz CT molecular complexity index is 393. The van der Waals surface area contributed by atoms with Crippen molar-refractivity contribution in [1.82, 2.24) is 0 Å². The molecule has 0 spiro atoms. The summed E-state index contributed by atoms with van der Waals surface area (Å²) < 4.78 is 8.77. The maximum Gasteiger partial charge on any atom is 0.194 e. The molecule has 0 saturated carbocycles. The second-order valence-electron chi connectivity index (χ2n) is 5.71. The highest BCUT2D eigenvalue weighted by Gasteiger charge is 2.51. The standard InChI is InChI=1S/C12H24O12S2/c13-1-5(15)10(19)11(20)12(22-25-24-23-21)7(17)4-26-3-6(16)9(18)8(26)2-14/h5-20H,1-4H2/t5?,6-,7?,8-,9+,10?,11?,12?,26?/m1/s1. The van der Waals surface area contributed by atoms with Gasteiger partial charge in [0.1, 0.15) is 54.2 Å². The molecule has 26 heavy (non-hydrogen) atoms. The van der Waals surface area contributed by atoms with E-state index in [1.54, 1.807) is 0 Å². The summed E-state index contributed by atoms with van der Waals surface area (Å²) in [5.74, 6) is -0.0385. The molecular weight excluding hydrogens is 400 g/mol. The Morgan fingerprint density at radius 3 is 2.27 bits per heavy atom. The van der Waals surface area contributed by atoms with Crippen LogP contribution in [0.15, 0.2) is 0 Å². The van der Waals surface area contributed by atoms with Gasteiger partial charge in [-0.15, -0.1) is 4.33 Å². The van der Waals surface area contributed by atoms with Crippen LogP contribution < -0.4 is 5.26 Å². The van der Waals surface area contributed by atoms with Crippen molar-refractivity contribution >= 4 is 23.2 Å². The third-order valence-corrected chi connectivity index (χ3v) is 7.24. The van der Waals surface area contributed by atoms with Gasteiger partial charge in [0.2, 0.25) is 0 Å². The Balaban J connectivity index is 2.81. The number of hydrogen-bond donors (Lipinski definition) is 8. The zero-order chi connectivity index (χ0) is 19.9. The molecule has 6 unspecified atom stereocenters. The van der Waals surface area contributed by atoms with Crippen LogP contribution in [0.2, 0.25) is 0 Å². The van der Waals surface area contributed by atoms with Crippen molar-refractivity contribution in [2.75, 3.05) is 24.7 Å². The fraction of sp³-hybridized carbons (Fsp3) is 1.00. The maximum absolute atomic E-state index is 10.4. The molecule has 9 atom stereocenters. The molecule has 1 rings (SSSR count).